The predicted octanol–water partition coefficient (Wildman–Crippen LogP) is 5.09. The highest BCUT2D eigenvalue weighted by Crippen LogP contribution is 2.28. The number of fused-ring (bicyclic) bond motifs is 3. The number of hydrogen-bond donors (Lipinski definition) is 1. The number of amides is 1. The first-order valence-electron chi connectivity index (χ1n) is 9.26. The molecule has 1 amide bonds. The summed E-state index contributed by atoms with van der Waals surface area (Å²) >= 11 is 7.48. The Morgan fingerprint density at radius 2 is 2.00 bits per heavy atom. The summed E-state index contributed by atoms with van der Waals surface area (Å²) in [5.74, 6) is 1.16. The average Bonchev–Trinajstić information content (AvgIpc) is 3.15. The van der Waals surface area contributed by atoms with Crippen LogP contribution in [0.25, 0.3) is 16.7 Å². The van der Waals surface area contributed by atoms with Crippen molar-refractivity contribution in [3.05, 3.63) is 58.9 Å². The molecule has 0 saturated carbocycles. The number of hydrogen-bond acceptors (Lipinski definition) is 5. The van der Waals surface area contributed by atoms with Gasteiger partial charge in [-0.25, -0.2) is 4.98 Å². The van der Waals surface area contributed by atoms with Gasteiger partial charge in [0.2, 0.25) is 5.91 Å². The molecule has 4 rings (SSSR count). The van der Waals surface area contributed by atoms with Crippen molar-refractivity contribution in [1.29, 1.82) is 0 Å². The molecule has 0 aliphatic carbocycles. The summed E-state index contributed by atoms with van der Waals surface area (Å²) in [6, 6.07) is 13.3. The van der Waals surface area contributed by atoms with Crippen LogP contribution in [0.2, 0.25) is 5.02 Å². The standard InChI is InChI=1S/C21H20ClN5OS/c1-12(2)19-25-26-20-21(24-16-6-4-5-7-17(16)27(19)20)29-11-18(28)23-14-9-8-13(3)15(22)10-14/h4-10,12H,11H2,1-3H3,(H,23,28). The lowest BCUT2D eigenvalue weighted by atomic mass is 10.2. The van der Waals surface area contributed by atoms with Gasteiger partial charge in [0.15, 0.2) is 5.65 Å². The number of benzene rings is 2. The molecule has 1 N–H and O–H groups in total. The Kier molecular flexibility index (Phi) is 5.43. The van der Waals surface area contributed by atoms with Gasteiger partial charge in [-0.3, -0.25) is 9.20 Å². The fourth-order valence-electron chi connectivity index (χ4n) is 3.05. The van der Waals surface area contributed by atoms with Gasteiger partial charge in [0.25, 0.3) is 0 Å². The van der Waals surface area contributed by atoms with E-state index in [9.17, 15) is 4.79 Å². The Morgan fingerprint density at radius 3 is 2.76 bits per heavy atom. The fourth-order valence-corrected chi connectivity index (χ4v) is 4.00. The highest BCUT2D eigenvalue weighted by Gasteiger charge is 2.18. The Morgan fingerprint density at radius 1 is 1.21 bits per heavy atom. The van der Waals surface area contributed by atoms with E-state index in [1.54, 1.807) is 6.07 Å². The minimum Gasteiger partial charge on any atom is -0.325 e. The molecule has 148 valence electrons. The van der Waals surface area contributed by atoms with Crippen molar-refractivity contribution in [2.45, 2.75) is 31.7 Å². The number of nitrogens with one attached hydrogen (secondary N) is 1. The third-order valence-corrected chi connectivity index (χ3v) is 5.90. The summed E-state index contributed by atoms with van der Waals surface area (Å²) in [5.41, 5.74) is 4.11. The zero-order valence-corrected chi connectivity index (χ0v) is 17.9. The molecule has 4 aromatic rings. The lowest BCUT2D eigenvalue weighted by Gasteiger charge is -2.10. The van der Waals surface area contributed by atoms with E-state index in [4.69, 9.17) is 16.6 Å². The maximum absolute atomic E-state index is 12.4. The van der Waals surface area contributed by atoms with Crippen molar-refractivity contribution in [3.8, 4) is 0 Å². The molecule has 6 nitrogen and oxygen atoms in total. The van der Waals surface area contributed by atoms with Crippen LogP contribution in [0.15, 0.2) is 47.5 Å². The minimum atomic E-state index is -0.133. The van der Waals surface area contributed by atoms with Crippen molar-refractivity contribution >= 4 is 51.6 Å². The van der Waals surface area contributed by atoms with Crippen molar-refractivity contribution in [2.24, 2.45) is 0 Å². The first kappa shape index (κ1) is 19.7. The zero-order chi connectivity index (χ0) is 20.5. The molecule has 0 atom stereocenters. The topological polar surface area (TPSA) is 72.2 Å². The van der Waals surface area contributed by atoms with Crippen LogP contribution in [0.4, 0.5) is 5.69 Å². The summed E-state index contributed by atoms with van der Waals surface area (Å²) in [5, 5.41) is 12.9. The SMILES string of the molecule is Cc1ccc(NC(=O)CSc2nc3ccccc3n3c(C(C)C)nnc23)cc1Cl. The lowest BCUT2D eigenvalue weighted by Crippen LogP contribution is -2.14. The number of aromatic nitrogens is 4. The van der Waals surface area contributed by atoms with Gasteiger partial charge in [0.05, 0.1) is 16.8 Å². The molecule has 0 radical (unpaired) electrons. The summed E-state index contributed by atoms with van der Waals surface area (Å²) in [4.78, 5) is 17.2. The average molecular weight is 426 g/mol. The summed E-state index contributed by atoms with van der Waals surface area (Å²) in [7, 11) is 0. The molecule has 0 saturated heterocycles. The van der Waals surface area contributed by atoms with E-state index in [1.165, 1.54) is 11.8 Å². The zero-order valence-electron chi connectivity index (χ0n) is 16.3. The molecule has 2 aromatic heterocycles. The lowest BCUT2D eigenvalue weighted by molar-refractivity contribution is -0.113. The summed E-state index contributed by atoms with van der Waals surface area (Å²) < 4.78 is 2.03. The maximum Gasteiger partial charge on any atom is 0.234 e. The number of para-hydroxylation sites is 2. The van der Waals surface area contributed by atoms with E-state index < -0.39 is 0 Å². The number of thioether (sulfide) groups is 1. The third-order valence-electron chi connectivity index (χ3n) is 4.54. The van der Waals surface area contributed by atoms with Crippen molar-refractivity contribution in [3.63, 3.8) is 0 Å². The van der Waals surface area contributed by atoms with Crippen LogP contribution in [-0.2, 0) is 4.79 Å². The summed E-state index contributed by atoms with van der Waals surface area (Å²) in [6.45, 7) is 6.08. The van der Waals surface area contributed by atoms with Gasteiger partial charge < -0.3 is 5.32 Å². The molecule has 0 aliphatic heterocycles. The van der Waals surface area contributed by atoms with E-state index in [2.05, 4.69) is 29.4 Å². The quantitative estimate of drug-likeness (QED) is 0.450. The Hall–Kier alpha value is -2.64. The Bertz CT molecular complexity index is 1220. The molecular weight excluding hydrogens is 406 g/mol. The maximum atomic E-state index is 12.4. The number of anilines is 1. The van der Waals surface area contributed by atoms with E-state index in [-0.39, 0.29) is 17.6 Å². The van der Waals surface area contributed by atoms with Crippen LogP contribution in [0.3, 0.4) is 0 Å². The van der Waals surface area contributed by atoms with E-state index in [1.807, 2.05) is 47.7 Å². The van der Waals surface area contributed by atoms with Crippen LogP contribution in [0.1, 0.15) is 31.2 Å². The highest BCUT2D eigenvalue weighted by atomic mass is 35.5. The van der Waals surface area contributed by atoms with E-state index in [0.717, 1.165) is 22.4 Å². The molecule has 0 spiro atoms. The molecule has 2 aromatic carbocycles. The molecule has 29 heavy (non-hydrogen) atoms. The van der Waals surface area contributed by atoms with Gasteiger partial charge >= 0.3 is 0 Å². The normalized spacial score (nSPS) is 11.5. The predicted molar refractivity (Wildman–Crippen MR) is 118 cm³/mol. The van der Waals surface area contributed by atoms with Crippen LogP contribution in [-0.4, -0.2) is 31.2 Å². The van der Waals surface area contributed by atoms with Crippen molar-refractivity contribution < 1.29 is 4.79 Å². The van der Waals surface area contributed by atoms with Gasteiger partial charge in [-0.05, 0) is 36.8 Å². The van der Waals surface area contributed by atoms with Crippen LogP contribution in [0, 0.1) is 6.92 Å². The van der Waals surface area contributed by atoms with Crippen LogP contribution in [0.5, 0.6) is 0 Å². The van der Waals surface area contributed by atoms with E-state index >= 15 is 0 Å². The first-order chi connectivity index (χ1) is 13.9. The highest BCUT2D eigenvalue weighted by molar-refractivity contribution is 8.00. The second-order valence-corrected chi connectivity index (χ2v) is 8.45. The van der Waals surface area contributed by atoms with Crippen molar-refractivity contribution in [1.82, 2.24) is 19.6 Å². The van der Waals surface area contributed by atoms with Gasteiger partial charge in [-0.2, -0.15) is 0 Å². The summed E-state index contributed by atoms with van der Waals surface area (Å²) in [6.07, 6.45) is 0. The van der Waals surface area contributed by atoms with Crippen molar-refractivity contribution in [2.75, 3.05) is 11.1 Å². The number of rotatable bonds is 5. The van der Waals surface area contributed by atoms with E-state index in [0.29, 0.717) is 21.4 Å². The third kappa shape index (κ3) is 3.93. The van der Waals surface area contributed by atoms with Gasteiger partial charge in [0, 0.05) is 16.6 Å². The fraction of sp³-hybridized carbons (Fsp3) is 0.238. The van der Waals surface area contributed by atoms with Gasteiger partial charge in [-0.15, -0.1) is 10.2 Å². The second kappa shape index (κ2) is 8.00. The molecular formula is C21H20ClN5OS. The Balaban J connectivity index is 1.61. The molecule has 8 heteroatoms. The minimum absolute atomic E-state index is 0.133. The van der Waals surface area contributed by atoms with Gasteiger partial charge in [0.1, 0.15) is 10.9 Å². The Labute approximate surface area is 177 Å². The smallest absolute Gasteiger partial charge is 0.234 e. The first-order valence-corrected chi connectivity index (χ1v) is 10.6. The molecule has 0 bridgehead atoms. The molecule has 0 fully saturated rings. The number of nitrogens with zero attached hydrogens (tertiary/aromatic N) is 4. The van der Waals surface area contributed by atoms with Crippen LogP contribution < -0.4 is 5.32 Å². The molecule has 0 aliphatic rings. The number of carbonyl (C=O) groups is 1. The number of halogens is 1. The monoisotopic (exact) mass is 425 g/mol. The number of aryl methyl sites for hydroxylation is 1. The van der Waals surface area contributed by atoms with Gasteiger partial charge in [-0.1, -0.05) is 55.4 Å². The second-order valence-electron chi connectivity index (χ2n) is 7.08. The van der Waals surface area contributed by atoms with Crippen LogP contribution >= 0.6 is 23.4 Å². The molecule has 2 heterocycles. The number of carbonyl (C=O) groups excluding carboxylic acids is 1. The largest absolute Gasteiger partial charge is 0.325 e. The molecule has 0 unspecified atom stereocenters.